The number of carbonyl (C=O) groups is 2. The second kappa shape index (κ2) is 6.91. The fourth-order valence-corrected chi connectivity index (χ4v) is 1.70. The molecule has 0 heterocycles. The Bertz CT molecular complexity index is 404. The van der Waals surface area contributed by atoms with Crippen LogP contribution in [0.1, 0.15) is 38.3 Å². The lowest BCUT2D eigenvalue weighted by atomic mass is 10.1. The summed E-state index contributed by atoms with van der Waals surface area (Å²) in [6, 6.07) is 8.60. The molecule has 18 heavy (non-hydrogen) atoms. The molecule has 0 spiro atoms. The van der Waals surface area contributed by atoms with Crippen molar-refractivity contribution in [2.75, 3.05) is 0 Å². The van der Waals surface area contributed by atoms with Gasteiger partial charge in [-0.2, -0.15) is 0 Å². The van der Waals surface area contributed by atoms with Gasteiger partial charge in [-0.25, -0.2) is 0 Å². The first-order valence-corrected chi connectivity index (χ1v) is 6.21. The van der Waals surface area contributed by atoms with Crippen molar-refractivity contribution in [3.8, 4) is 0 Å². The monoisotopic (exact) mass is 248 g/mol. The first-order chi connectivity index (χ1) is 8.56. The van der Waals surface area contributed by atoms with Crippen LogP contribution in [0.3, 0.4) is 0 Å². The molecule has 0 bridgehead atoms. The fourth-order valence-electron chi connectivity index (χ4n) is 1.70. The molecule has 0 aliphatic carbocycles. The number of nitrogens with two attached hydrogens (primary N) is 1. The van der Waals surface area contributed by atoms with Crippen molar-refractivity contribution < 1.29 is 9.59 Å². The SMILES string of the molecule is CCCC(N)C(=O)C(=O)N[C@@H](C)c1ccccc1. The largest absolute Gasteiger partial charge is 0.343 e. The molecule has 0 saturated heterocycles. The second-order valence-electron chi connectivity index (χ2n) is 4.37. The Morgan fingerprint density at radius 3 is 2.44 bits per heavy atom. The van der Waals surface area contributed by atoms with Crippen LogP contribution in [-0.4, -0.2) is 17.7 Å². The summed E-state index contributed by atoms with van der Waals surface area (Å²) in [5.41, 5.74) is 6.59. The quantitative estimate of drug-likeness (QED) is 0.750. The van der Waals surface area contributed by atoms with Crippen LogP contribution in [-0.2, 0) is 9.59 Å². The number of Topliss-reactive ketones (excluding diaryl/α,β-unsaturated/α-hetero) is 1. The first kappa shape index (κ1) is 14.4. The van der Waals surface area contributed by atoms with Crippen LogP contribution >= 0.6 is 0 Å². The summed E-state index contributed by atoms with van der Waals surface area (Å²) in [6.45, 7) is 3.77. The number of rotatable bonds is 6. The maximum atomic E-state index is 11.7. The first-order valence-electron chi connectivity index (χ1n) is 6.21. The molecule has 1 aromatic rings. The molecule has 3 N–H and O–H groups in total. The van der Waals surface area contributed by atoms with Gasteiger partial charge in [0.15, 0.2) is 0 Å². The van der Waals surface area contributed by atoms with E-state index in [9.17, 15) is 9.59 Å². The Morgan fingerprint density at radius 1 is 1.28 bits per heavy atom. The fraction of sp³-hybridized carbons (Fsp3) is 0.429. The molecule has 0 radical (unpaired) electrons. The van der Waals surface area contributed by atoms with Crippen molar-refractivity contribution >= 4 is 11.7 Å². The predicted octanol–water partition coefficient (Wildman–Crippen LogP) is 1.56. The Morgan fingerprint density at radius 2 is 1.89 bits per heavy atom. The van der Waals surface area contributed by atoms with Crippen LogP contribution < -0.4 is 11.1 Å². The maximum absolute atomic E-state index is 11.7. The minimum atomic E-state index is -0.696. The molecular formula is C14H20N2O2. The zero-order chi connectivity index (χ0) is 13.5. The highest BCUT2D eigenvalue weighted by molar-refractivity contribution is 6.38. The van der Waals surface area contributed by atoms with E-state index in [1.165, 1.54) is 0 Å². The minimum absolute atomic E-state index is 0.198. The van der Waals surface area contributed by atoms with E-state index in [2.05, 4.69) is 5.32 Å². The summed E-state index contributed by atoms with van der Waals surface area (Å²) in [7, 11) is 0. The van der Waals surface area contributed by atoms with E-state index in [4.69, 9.17) is 5.73 Å². The van der Waals surface area contributed by atoms with E-state index in [0.717, 1.165) is 12.0 Å². The van der Waals surface area contributed by atoms with Gasteiger partial charge in [0.2, 0.25) is 5.78 Å². The van der Waals surface area contributed by atoms with Gasteiger partial charge in [-0.15, -0.1) is 0 Å². The molecule has 1 unspecified atom stereocenters. The molecule has 98 valence electrons. The van der Waals surface area contributed by atoms with E-state index >= 15 is 0 Å². The number of ketones is 1. The summed E-state index contributed by atoms with van der Waals surface area (Å²) in [4.78, 5) is 23.4. The number of carbonyl (C=O) groups excluding carboxylic acids is 2. The van der Waals surface area contributed by atoms with Crippen LogP contribution in [0.2, 0.25) is 0 Å². The molecule has 0 aliphatic rings. The number of amides is 1. The zero-order valence-corrected chi connectivity index (χ0v) is 10.8. The molecule has 1 rings (SSSR count). The number of hydrogen-bond acceptors (Lipinski definition) is 3. The maximum Gasteiger partial charge on any atom is 0.289 e. The zero-order valence-electron chi connectivity index (χ0n) is 10.8. The minimum Gasteiger partial charge on any atom is -0.343 e. The van der Waals surface area contributed by atoms with Crippen LogP contribution in [0.4, 0.5) is 0 Å². The lowest BCUT2D eigenvalue weighted by Crippen LogP contribution is -2.43. The Hall–Kier alpha value is -1.68. The average molecular weight is 248 g/mol. The molecule has 4 nitrogen and oxygen atoms in total. The number of nitrogens with one attached hydrogen (secondary N) is 1. The van der Waals surface area contributed by atoms with Crippen LogP contribution in [0.15, 0.2) is 30.3 Å². The van der Waals surface area contributed by atoms with Crippen molar-refractivity contribution in [1.82, 2.24) is 5.32 Å². The molecule has 0 aromatic heterocycles. The predicted molar refractivity (Wildman–Crippen MR) is 70.9 cm³/mol. The molecule has 1 aromatic carbocycles. The third-order valence-electron chi connectivity index (χ3n) is 2.81. The van der Waals surface area contributed by atoms with E-state index in [1.54, 1.807) is 0 Å². The van der Waals surface area contributed by atoms with Gasteiger partial charge in [-0.05, 0) is 18.9 Å². The lowest BCUT2D eigenvalue weighted by Gasteiger charge is -2.15. The third-order valence-corrected chi connectivity index (χ3v) is 2.81. The van der Waals surface area contributed by atoms with Crippen LogP contribution in [0.25, 0.3) is 0 Å². The molecular weight excluding hydrogens is 228 g/mol. The molecule has 1 amide bonds. The highest BCUT2D eigenvalue weighted by atomic mass is 16.2. The van der Waals surface area contributed by atoms with Crippen molar-refractivity contribution in [2.45, 2.75) is 38.8 Å². The van der Waals surface area contributed by atoms with Crippen molar-refractivity contribution in [3.63, 3.8) is 0 Å². The highest BCUT2D eigenvalue weighted by Gasteiger charge is 2.22. The van der Waals surface area contributed by atoms with Gasteiger partial charge >= 0.3 is 0 Å². The Labute approximate surface area is 108 Å². The Balaban J connectivity index is 2.57. The van der Waals surface area contributed by atoms with Crippen LogP contribution in [0.5, 0.6) is 0 Å². The molecule has 2 atom stereocenters. The molecule has 4 heteroatoms. The lowest BCUT2D eigenvalue weighted by molar-refractivity contribution is -0.139. The average Bonchev–Trinajstić information content (AvgIpc) is 2.39. The summed E-state index contributed by atoms with van der Waals surface area (Å²) < 4.78 is 0. The number of benzene rings is 1. The number of hydrogen-bond donors (Lipinski definition) is 2. The summed E-state index contributed by atoms with van der Waals surface area (Å²) in [6.07, 6.45) is 1.32. The molecule has 0 saturated carbocycles. The summed E-state index contributed by atoms with van der Waals surface area (Å²) in [5.74, 6) is -1.15. The summed E-state index contributed by atoms with van der Waals surface area (Å²) in [5, 5.41) is 2.67. The third kappa shape index (κ3) is 3.96. The smallest absolute Gasteiger partial charge is 0.289 e. The standard InChI is InChI=1S/C14H20N2O2/c1-3-7-12(15)13(17)14(18)16-10(2)11-8-5-4-6-9-11/h4-6,8-10,12H,3,7,15H2,1-2H3,(H,16,18)/t10-,12?/m0/s1. The van der Waals surface area contributed by atoms with Gasteiger partial charge < -0.3 is 11.1 Å². The van der Waals surface area contributed by atoms with Gasteiger partial charge in [0.05, 0.1) is 12.1 Å². The van der Waals surface area contributed by atoms with E-state index in [1.807, 2.05) is 44.2 Å². The van der Waals surface area contributed by atoms with Gasteiger partial charge in [0.25, 0.3) is 5.91 Å². The van der Waals surface area contributed by atoms with Gasteiger partial charge in [-0.3, -0.25) is 9.59 Å². The van der Waals surface area contributed by atoms with Crippen molar-refractivity contribution in [2.24, 2.45) is 5.73 Å². The Kier molecular flexibility index (Phi) is 5.52. The van der Waals surface area contributed by atoms with E-state index in [0.29, 0.717) is 6.42 Å². The molecule has 0 aliphatic heterocycles. The molecule has 0 fully saturated rings. The van der Waals surface area contributed by atoms with Gasteiger partial charge in [0.1, 0.15) is 0 Å². The summed E-state index contributed by atoms with van der Waals surface area (Å²) >= 11 is 0. The van der Waals surface area contributed by atoms with Gasteiger partial charge in [-0.1, -0.05) is 43.7 Å². The topological polar surface area (TPSA) is 72.2 Å². The van der Waals surface area contributed by atoms with E-state index in [-0.39, 0.29) is 6.04 Å². The second-order valence-corrected chi connectivity index (χ2v) is 4.37. The van der Waals surface area contributed by atoms with Gasteiger partial charge in [0, 0.05) is 0 Å². The van der Waals surface area contributed by atoms with E-state index < -0.39 is 17.7 Å². The van der Waals surface area contributed by atoms with Crippen molar-refractivity contribution in [3.05, 3.63) is 35.9 Å². The highest BCUT2D eigenvalue weighted by Crippen LogP contribution is 2.11. The normalized spacial score (nSPS) is 13.7. The van der Waals surface area contributed by atoms with Crippen molar-refractivity contribution in [1.29, 1.82) is 0 Å². The van der Waals surface area contributed by atoms with Crippen LogP contribution in [0, 0.1) is 0 Å².